The summed E-state index contributed by atoms with van der Waals surface area (Å²) in [5.41, 5.74) is 2.51. The van der Waals surface area contributed by atoms with Gasteiger partial charge in [-0.1, -0.05) is 42.5 Å². The second-order valence-electron chi connectivity index (χ2n) is 10.5. The first kappa shape index (κ1) is 25.8. The average molecular weight is 533 g/mol. The number of halogens is 2. The number of para-hydroxylation sites is 2. The largest absolute Gasteiger partial charge is 0.378 e. The molecule has 0 bridgehead atoms. The Morgan fingerprint density at radius 2 is 1.67 bits per heavy atom. The Hall–Kier alpha value is -3.43. The maximum atomic E-state index is 14.1. The van der Waals surface area contributed by atoms with Gasteiger partial charge in [-0.3, -0.25) is 9.47 Å². The first-order valence-corrected chi connectivity index (χ1v) is 13.9. The molecule has 4 heterocycles. The molecule has 2 saturated heterocycles. The lowest BCUT2D eigenvalue weighted by Gasteiger charge is -2.28. The minimum Gasteiger partial charge on any atom is -0.378 e. The number of hydrogen-bond donors (Lipinski definition) is 0. The van der Waals surface area contributed by atoms with Crippen molar-refractivity contribution in [3.63, 3.8) is 0 Å². The summed E-state index contributed by atoms with van der Waals surface area (Å²) >= 11 is 0. The van der Waals surface area contributed by atoms with E-state index in [1.807, 2.05) is 24.3 Å². The first-order chi connectivity index (χ1) is 19.1. The molecule has 204 valence electrons. The van der Waals surface area contributed by atoms with Crippen molar-refractivity contribution in [2.24, 2.45) is 5.92 Å². The van der Waals surface area contributed by atoms with E-state index in [1.165, 1.54) is 16.6 Å². The van der Waals surface area contributed by atoms with Gasteiger partial charge in [0, 0.05) is 38.7 Å². The molecule has 2 fully saturated rings. The Morgan fingerprint density at radius 1 is 0.897 bits per heavy atom. The topological polar surface area (TPSA) is 59.3 Å². The Balaban J connectivity index is 1.20. The van der Waals surface area contributed by atoms with Gasteiger partial charge in [0.2, 0.25) is 0 Å². The number of aryl methyl sites for hydroxylation is 1. The third-order valence-electron chi connectivity index (χ3n) is 7.72. The molecule has 9 heteroatoms. The van der Waals surface area contributed by atoms with Crippen LogP contribution in [0.25, 0.3) is 16.9 Å². The summed E-state index contributed by atoms with van der Waals surface area (Å²) in [4.78, 5) is 18.6. The number of imidazole rings is 1. The van der Waals surface area contributed by atoms with Crippen molar-refractivity contribution in [1.29, 1.82) is 0 Å². The number of morpholine rings is 1. The highest BCUT2D eigenvalue weighted by atomic mass is 19.3. The van der Waals surface area contributed by atoms with Crippen molar-refractivity contribution in [3.05, 3.63) is 77.9 Å². The fourth-order valence-corrected chi connectivity index (χ4v) is 5.76. The number of anilines is 1. The fourth-order valence-electron chi connectivity index (χ4n) is 5.76. The summed E-state index contributed by atoms with van der Waals surface area (Å²) in [6.07, 6.45) is 1.25. The lowest BCUT2D eigenvalue weighted by molar-refractivity contribution is 0.122. The van der Waals surface area contributed by atoms with Crippen LogP contribution in [0, 0.1) is 5.92 Å². The SMILES string of the molecule is FC(F)c1nc2ccccc2n1-c1cc(N2CCOCC2)nc(CCCC2CCN(Cc3ccccc3)C2)n1. The molecule has 1 atom stereocenters. The van der Waals surface area contributed by atoms with E-state index >= 15 is 0 Å². The third kappa shape index (κ3) is 5.94. The molecule has 2 aliphatic rings. The fraction of sp³-hybridized carbons (Fsp3) is 0.433. The maximum absolute atomic E-state index is 14.1. The minimum atomic E-state index is -2.72. The monoisotopic (exact) mass is 532 g/mol. The molecule has 0 N–H and O–H groups in total. The van der Waals surface area contributed by atoms with Crippen molar-refractivity contribution in [2.45, 2.75) is 38.7 Å². The number of likely N-dealkylation sites (tertiary alicyclic amines) is 1. The molecular weight excluding hydrogens is 498 g/mol. The Bertz CT molecular complexity index is 1390. The van der Waals surface area contributed by atoms with E-state index in [9.17, 15) is 8.78 Å². The van der Waals surface area contributed by atoms with Crippen LogP contribution in [0.4, 0.5) is 14.6 Å². The molecule has 2 aromatic heterocycles. The van der Waals surface area contributed by atoms with E-state index in [0.717, 1.165) is 38.3 Å². The van der Waals surface area contributed by atoms with Crippen LogP contribution in [0.3, 0.4) is 0 Å². The number of fused-ring (bicyclic) bond motifs is 1. The summed E-state index contributed by atoms with van der Waals surface area (Å²) in [5, 5.41) is 0. The maximum Gasteiger partial charge on any atom is 0.296 e. The van der Waals surface area contributed by atoms with Gasteiger partial charge in [0.05, 0.1) is 24.2 Å². The molecular formula is C30H34F2N6O. The van der Waals surface area contributed by atoms with E-state index in [4.69, 9.17) is 14.7 Å². The lowest BCUT2D eigenvalue weighted by atomic mass is 10.0. The zero-order chi connectivity index (χ0) is 26.6. The molecule has 0 saturated carbocycles. The van der Waals surface area contributed by atoms with Gasteiger partial charge in [-0.25, -0.2) is 23.7 Å². The molecule has 0 aliphatic carbocycles. The van der Waals surface area contributed by atoms with Gasteiger partial charge in [-0.2, -0.15) is 0 Å². The second-order valence-corrected chi connectivity index (χ2v) is 10.5. The van der Waals surface area contributed by atoms with Gasteiger partial charge >= 0.3 is 0 Å². The summed E-state index contributed by atoms with van der Waals surface area (Å²) in [6.45, 7) is 5.88. The third-order valence-corrected chi connectivity index (χ3v) is 7.72. The first-order valence-electron chi connectivity index (χ1n) is 13.9. The average Bonchev–Trinajstić information content (AvgIpc) is 3.58. The zero-order valence-electron chi connectivity index (χ0n) is 22.1. The zero-order valence-corrected chi connectivity index (χ0v) is 22.1. The molecule has 1 unspecified atom stereocenters. The highest BCUT2D eigenvalue weighted by Gasteiger charge is 2.24. The minimum absolute atomic E-state index is 0.293. The number of hydrogen-bond acceptors (Lipinski definition) is 6. The summed E-state index contributed by atoms with van der Waals surface area (Å²) in [5.74, 6) is 2.25. The predicted molar refractivity (Wildman–Crippen MR) is 147 cm³/mol. The van der Waals surface area contributed by atoms with Gasteiger partial charge in [0.15, 0.2) is 5.82 Å². The molecule has 6 rings (SSSR count). The second kappa shape index (κ2) is 11.8. The van der Waals surface area contributed by atoms with Gasteiger partial charge in [-0.15, -0.1) is 0 Å². The number of nitrogens with zero attached hydrogens (tertiary/aromatic N) is 6. The summed E-state index contributed by atoms with van der Waals surface area (Å²) < 4.78 is 35.2. The van der Waals surface area contributed by atoms with Crippen LogP contribution < -0.4 is 4.90 Å². The quantitative estimate of drug-likeness (QED) is 0.286. The van der Waals surface area contributed by atoms with Gasteiger partial charge in [-0.05, 0) is 49.4 Å². The number of rotatable bonds is 9. The summed E-state index contributed by atoms with van der Waals surface area (Å²) in [7, 11) is 0. The van der Waals surface area contributed by atoms with Crippen LogP contribution >= 0.6 is 0 Å². The molecule has 2 aromatic carbocycles. The summed E-state index contributed by atoms with van der Waals surface area (Å²) in [6, 6.07) is 19.6. The molecule has 0 radical (unpaired) electrons. The van der Waals surface area contributed by atoms with Crippen LogP contribution in [-0.2, 0) is 17.7 Å². The normalized spacial score (nSPS) is 18.4. The molecule has 0 amide bonds. The van der Waals surface area contributed by atoms with E-state index < -0.39 is 6.43 Å². The van der Waals surface area contributed by atoms with Gasteiger partial charge in [0.1, 0.15) is 17.5 Å². The molecule has 39 heavy (non-hydrogen) atoms. The Kier molecular flexibility index (Phi) is 7.78. The number of benzene rings is 2. The lowest BCUT2D eigenvalue weighted by Crippen LogP contribution is -2.37. The number of aromatic nitrogens is 4. The number of alkyl halides is 2. The molecule has 7 nitrogen and oxygen atoms in total. The number of ether oxygens (including phenoxy) is 1. The Labute approximate surface area is 227 Å². The van der Waals surface area contributed by atoms with Crippen LogP contribution in [0.5, 0.6) is 0 Å². The smallest absolute Gasteiger partial charge is 0.296 e. The Morgan fingerprint density at radius 3 is 2.49 bits per heavy atom. The predicted octanol–water partition coefficient (Wildman–Crippen LogP) is 5.43. The molecule has 2 aliphatic heterocycles. The highest BCUT2D eigenvalue weighted by molar-refractivity contribution is 5.78. The molecule has 4 aromatic rings. The van der Waals surface area contributed by atoms with E-state index in [-0.39, 0.29) is 5.82 Å². The van der Waals surface area contributed by atoms with E-state index in [0.29, 0.717) is 61.3 Å². The van der Waals surface area contributed by atoms with Crippen molar-refractivity contribution < 1.29 is 13.5 Å². The van der Waals surface area contributed by atoms with E-state index in [2.05, 4.69) is 45.1 Å². The highest BCUT2D eigenvalue weighted by Crippen LogP contribution is 2.29. The molecule has 0 spiro atoms. The standard InChI is InChI=1S/C30H34F2N6O/c31-29(32)30-33-24-10-4-5-11-25(24)38(30)28-19-27(37-15-17-39-18-16-37)34-26(35-28)12-6-9-23-13-14-36(21-23)20-22-7-2-1-3-8-22/h1-5,7-8,10-11,19,23,29H,6,9,12-18,20-21H2. The van der Waals surface area contributed by atoms with E-state index in [1.54, 1.807) is 6.07 Å². The van der Waals surface area contributed by atoms with Crippen LogP contribution in [0.2, 0.25) is 0 Å². The van der Waals surface area contributed by atoms with Crippen molar-refractivity contribution in [2.75, 3.05) is 44.3 Å². The van der Waals surface area contributed by atoms with Crippen molar-refractivity contribution in [3.8, 4) is 5.82 Å². The van der Waals surface area contributed by atoms with Gasteiger partial charge in [0.25, 0.3) is 6.43 Å². The van der Waals surface area contributed by atoms with Crippen LogP contribution in [0.1, 0.15) is 42.9 Å². The van der Waals surface area contributed by atoms with Gasteiger partial charge < -0.3 is 9.64 Å². The van der Waals surface area contributed by atoms with Crippen LogP contribution in [0.15, 0.2) is 60.7 Å². The van der Waals surface area contributed by atoms with Crippen molar-refractivity contribution >= 4 is 16.9 Å². The van der Waals surface area contributed by atoms with Crippen LogP contribution in [-0.4, -0.2) is 63.8 Å². The van der Waals surface area contributed by atoms with Crippen molar-refractivity contribution in [1.82, 2.24) is 24.4 Å².